The minimum absolute atomic E-state index is 0.0779. The van der Waals surface area contributed by atoms with Gasteiger partial charge in [-0.25, -0.2) is 4.79 Å². The summed E-state index contributed by atoms with van der Waals surface area (Å²) >= 11 is 0. The zero-order chi connectivity index (χ0) is 17.1. The first-order valence-electron chi connectivity index (χ1n) is 8.66. The molecule has 0 aromatic heterocycles. The number of rotatable bonds is 2. The summed E-state index contributed by atoms with van der Waals surface area (Å²) in [5.41, 5.74) is 0.733. The van der Waals surface area contributed by atoms with Gasteiger partial charge in [-0.05, 0) is 38.1 Å². The SMILES string of the molecule is C[C@@H]1CN(C)CC[C@H]1N(C)C(=O)Nc1ccc2c(c1)OCCCO2. The Balaban J connectivity index is 1.65. The molecular weight excluding hydrogens is 306 g/mol. The van der Waals surface area contributed by atoms with Crippen LogP contribution < -0.4 is 14.8 Å². The predicted molar refractivity (Wildman–Crippen MR) is 93.9 cm³/mol. The number of amides is 2. The molecule has 1 aromatic carbocycles. The number of hydrogen-bond donors (Lipinski definition) is 1. The third kappa shape index (κ3) is 3.75. The summed E-state index contributed by atoms with van der Waals surface area (Å²) in [5.74, 6) is 1.90. The lowest BCUT2D eigenvalue weighted by Gasteiger charge is -2.39. The van der Waals surface area contributed by atoms with Crippen LogP contribution in [0, 0.1) is 5.92 Å². The molecule has 0 radical (unpaired) electrons. The van der Waals surface area contributed by atoms with E-state index in [0.29, 0.717) is 24.9 Å². The zero-order valence-electron chi connectivity index (χ0n) is 14.7. The van der Waals surface area contributed by atoms with Gasteiger partial charge in [0.15, 0.2) is 11.5 Å². The smallest absolute Gasteiger partial charge is 0.321 e. The predicted octanol–water partition coefficient (Wildman–Crippen LogP) is 2.65. The van der Waals surface area contributed by atoms with Crippen molar-refractivity contribution in [2.75, 3.05) is 45.7 Å². The van der Waals surface area contributed by atoms with E-state index in [-0.39, 0.29) is 12.1 Å². The van der Waals surface area contributed by atoms with Gasteiger partial charge in [-0.3, -0.25) is 0 Å². The molecule has 24 heavy (non-hydrogen) atoms. The van der Waals surface area contributed by atoms with Crippen LogP contribution >= 0.6 is 0 Å². The molecule has 0 unspecified atom stereocenters. The van der Waals surface area contributed by atoms with E-state index in [9.17, 15) is 4.79 Å². The summed E-state index contributed by atoms with van der Waals surface area (Å²) in [6, 6.07) is 5.74. The summed E-state index contributed by atoms with van der Waals surface area (Å²) < 4.78 is 11.3. The second kappa shape index (κ2) is 7.30. The van der Waals surface area contributed by atoms with Gasteiger partial charge in [0, 0.05) is 37.8 Å². The van der Waals surface area contributed by atoms with Crippen LogP contribution in [0.1, 0.15) is 19.8 Å². The van der Waals surface area contributed by atoms with Gasteiger partial charge in [-0.2, -0.15) is 0 Å². The monoisotopic (exact) mass is 333 g/mol. The number of urea groups is 1. The highest BCUT2D eigenvalue weighted by Crippen LogP contribution is 2.32. The van der Waals surface area contributed by atoms with E-state index >= 15 is 0 Å². The topological polar surface area (TPSA) is 54.0 Å². The first-order chi connectivity index (χ1) is 11.5. The van der Waals surface area contributed by atoms with E-state index in [1.54, 1.807) is 0 Å². The van der Waals surface area contributed by atoms with E-state index in [1.165, 1.54) is 0 Å². The molecule has 6 nitrogen and oxygen atoms in total. The largest absolute Gasteiger partial charge is 0.490 e. The van der Waals surface area contributed by atoms with Crippen LogP contribution in [0.2, 0.25) is 0 Å². The van der Waals surface area contributed by atoms with E-state index in [1.807, 2.05) is 30.1 Å². The van der Waals surface area contributed by atoms with E-state index in [4.69, 9.17) is 9.47 Å². The highest BCUT2D eigenvalue weighted by molar-refractivity contribution is 5.89. The number of piperidine rings is 1. The molecule has 3 rings (SSSR count). The normalized spacial score (nSPS) is 24.1. The lowest BCUT2D eigenvalue weighted by Crippen LogP contribution is -2.50. The first kappa shape index (κ1) is 16.9. The van der Waals surface area contributed by atoms with Crippen LogP contribution in [-0.4, -0.2) is 62.3 Å². The van der Waals surface area contributed by atoms with Crippen molar-refractivity contribution in [1.29, 1.82) is 0 Å². The van der Waals surface area contributed by atoms with E-state index in [0.717, 1.165) is 37.4 Å². The Bertz CT molecular complexity index is 593. The highest BCUT2D eigenvalue weighted by atomic mass is 16.5. The number of likely N-dealkylation sites (tertiary alicyclic amines) is 1. The number of anilines is 1. The maximum Gasteiger partial charge on any atom is 0.321 e. The molecule has 1 aromatic rings. The van der Waals surface area contributed by atoms with Crippen LogP contribution in [0.4, 0.5) is 10.5 Å². The molecule has 1 N–H and O–H groups in total. The lowest BCUT2D eigenvalue weighted by molar-refractivity contribution is 0.113. The molecule has 0 saturated carbocycles. The molecule has 1 saturated heterocycles. The number of ether oxygens (including phenoxy) is 2. The summed E-state index contributed by atoms with van der Waals surface area (Å²) in [6.07, 6.45) is 1.87. The Kier molecular flexibility index (Phi) is 5.14. The molecule has 0 aliphatic carbocycles. The fourth-order valence-electron chi connectivity index (χ4n) is 3.52. The number of carbonyl (C=O) groups is 1. The van der Waals surface area contributed by atoms with Crippen molar-refractivity contribution in [3.63, 3.8) is 0 Å². The maximum atomic E-state index is 12.6. The van der Waals surface area contributed by atoms with Gasteiger partial charge in [0.25, 0.3) is 0 Å². The zero-order valence-corrected chi connectivity index (χ0v) is 14.7. The van der Waals surface area contributed by atoms with Gasteiger partial charge < -0.3 is 24.6 Å². The first-order valence-corrected chi connectivity index (χ1v) is 8.66. The fourth-order valence-corrected chi connectivity index (χ4v) is 3.52. The quantitative estimate of drug-likeness (QED) is 0.904. The van der Waals surface area contributed by atoms with Crippen molar-refractivity contribution >= 4 is 11.7 Å². The van der Waals surface area contributed by atoms with Crippen molar-refractivity contribution < 1.29 is 14.3 Å². The molecule has 0 bridgehead atoms. The van der Waals surface area contributed by atoms with Crippen molar-refractivity contribution in [1.82, 2.24) is 9.80 Å². The van der Waals surface area contributed by atoms with Gasteiger partial charge in [0.05, 0.1) is 13.2 Å². The molecule has 6 heteroatoms. The van der Waals surface area contributed by atoms with Gasteiger partial charge in [-0.1, -0.05) is 6.92 Å². The molecule has 132 valence electrons. The van der Waals surface area contributed by atoms with Gasteiger partial charge >= 0.3 is 6.03 Å². The summed E-state index contributed by atoms with van der Waals surface area (Å²) in [6.45, 7) is 5.55. The third-order valence-corrected chi connectivity index (χ3v) is 4.88. The second-order valence-electron chi connectivity index (χ2n) is 6.85. The third-order valence-electron chi connectivity index (χ3n) is 4.88. The minimum atomic E-state index is -0.0779. The number of benzene rings is 1. The van der Waals surface area contributed by atoms with Crippen molar-refractivity contribution in [3.05, 3.63) is 18.2 Å². The van der Waals surface area contributed by atoms with E-state index < -0.39 is 0 Å². The molecule has 1 fully saturated rings. The number of hydrogen-bond acceptors (Lipinski definition) is 4. The average molecular weight is 333 g/mol. The van der Waals surface area contributed by atoms with Crippen LogP contribution in [0.3, 0.4) is 0 Å². The van der Waals surface area contributed by atoms with Gasteiger partial charge in [0.1, 0.15) is 0 Å². The van der Waals surface area contributed by atoms with Gasteiger partial charge in [0.2, 0.25) is 0 Å². The van der Waals surface area contributed by atoms with Crippen molar-refractivity contribution in [3.8, 4) is 11.5 Å². The van der Waals surface area contributed by atoms with Crippen molar-refractivity contribution in [2.45, 2.75) is 25.8 Å². The Morgan fingerprint density at radius 3 is 2.79 bits per heavy atom. The maximum absolute atomic E-state index is 12.6. The second-order valence-corrected chi connectivity index (χ2v) is 6.85. The highest BCUT2D eigenvalue weighted by Gasteiger charge is 2.30. The molecular formula is C18H27N3O3. The van der Waals surface area contributed by atoms with Gasteiger partial charge in [-0.15, -0.1) is 0 Å². The van der Waals surface area contributed by atoms with Crippen LogP contribution in [0.25, 0.3) is 0 Å². The molecule has 2 heterocycles. The molecule has 2 aliphatic heterocycles. The number of nitrogens with zero attached hydrogens (tertiary/aromatic N) is 2. The Morgan fingerprint density at radius 1 is 1.29 bits per heavy atom. The number of carbonyl (C=O) groups excluding carboxylic acids is 1. The van der Waals surface area contributed by atoms with Crippen LogP contribution in [0.15, 0.2) is 18.2 Å². The standard InChI is InChI=1S/C18H27N3O3/c1-13-12-20(2)8-7-15(13)21(3)18(22)19-14-5-6-16-17(11-14)24-10-4-9-23-16/h5-6,11,13,15H,4,7-10,12H2,1-3H3,(H,19,22)/t13-,15-/m1/s1. The fraction of sp³-hybridized carbons (Fsp3) is 0.611. The Morgan fingerprint density at radius 2 is 2.04 bits per heavy atom. The number of nitrogens with one attached hydrogen (secondary N) is 1. The van der Waals surface area contributed by atoms with Crippen LogP contribution in [0.5, 0.6) is 11.5 Å². The van der Waals surface area contributed by atoms with Crippen LogP contribution in [-0.2, 0) is 0 Å². The molecule has 2 atom stereocenters. The summed E-state index contributed by atoms with van der Waals surface area (Å²) in [5, 5.41) is 2.98. The molecule has 2 aliphatic rings. The van der Waals surface area contributed by atoms with E-state index in [2.05, 4.69) is 24.2 Å². The van der Waals surface area contributed by atoms with Crippen molar-refractivity contribution in [2.24, 2.45) is 5.92 Å². The molecule has 0 spiro atoms. The number of fused-ring (bicyclic) bond motifs is 1. The Hall–Kier alpha value is -1.95. The summed E-state index contributed by atoms with van der Waals surface area (Å²) in [7, 11) is 4.01. The molecule has 2 amide bonds. The lowest BCUT2D eigenvalue weighted by atomic mass is 9.93. The summed E-state index contributed by atoms with van der Waals surface area (Å²) in [4.78, 5) is 16.8. The average Bonchev–Trinajstić information content (AvgIpc) is 2.79. The Labute approximate surface area is 143 Å². The minimum Gasteiger partial charge on any atom is -0.490 e.